The summed E-state index contributed by atoms with van der Waals surface area (Å²) in [4.78, 5) is 43.6. The topological polar surface area (TPSA) is 139 Å². The Morgan fingerprint density at radius 3 is 2.49 bits per heavy atom. The Morgan fingerprint density at radius 2 is 1.88 bits per heavy atom. The van der Waals surface area contributed by atoms with E-state index in [1.54, 1.807) is 25.6 Å². The number of aromatic amines is 1. The molecule has 0 spiro atoms. The number of carbonyl (C=O) groups is 1. The van der Waals surface area contributed by atoms with Gasteiger partial charge in [0.25, 0.3) is 0 Å². The van der Waals surface area contributed by atoms with Crippen LogP contribution in [0.15, 0.2) is 30.6 Å². The largest absolute Gasteiger partial charge is 1.00 e. The van der Waals surface area contributed by atoms with E-state index in [1.807, 2.05) is 13.1 Å². The molecule has 5 heterocycles. The van der Waals surface area contributed by atoms with Crippen LogP contribution in [0, 0.1) is 5.41 Å². The number of rotatable bonds is 12. The summed E-state index contributed by atoms with van der Waals surface area (Å²) in [5.74, 6) is 0.111. The minimum absolute atomic E-state index is 0. The molecule has 16 heteroatoms. The fourth-order valence-corrected chi connectivity index (χ4v) is 7.27. The molecular weight excluding hydrogens is 674 g/mol. The first-order valence-corrected chi connectivity index (χ1v) is 17.1. The molecule has 51 heavy (non-hydrogen) atoms. The maximum atomic E-state index is 14.0. The van der Waals surface area contributed by atoms with Gasteiger partial charge in [0.05, 0.1) is 30.4 Å². The summed E-state index contributed by atoms with van der Waals surface area (Å²) < 4.78 is 47.5. The van der Waals surface area contributed by atoms with Gasteiger partial charge < -0.3 is 29.4 Å². The van der Waals surface area contributed by atoms with Crippen molar-refractivity contribution in [2.75, 3.05) is 63.3 Å². The Balaban J connectivity index is 0.00000448. The smallest absolute Gasteiger partial charge is 0.550 e. The standard InChI is InChI=1S/C35H42F3N9O3.Na/c1-21-18-47(12-11-46(21)10-7-30(48)49)29-17-39-26(16-40-29)32-43-31-27(45(2)19-34(20-50-3)8-4-9-34)15-25(42-33(31)44-32)23-13-24(22-5-6-22)41-28(14-23)35(36,37)38;/h13-17,21-22H,4-12,18-20H2,1-3H3,(H,48,49)(H,42,43,44);/q;+1/p-1/t21-;/m1./s1. The fourth-order valence-electron chi connectivity index (χ4n) is 7.27. The molecule has 7 rings (SSSR count). The SMILES string of the molecule is COCC1(CN(C)c2cc(-c3cc(C4CC4)nc(C(F)(F)F)c3)nc3nc(-c4cnc(N5CCN(CCC(=O)[O-])[C@H](C)C5)cn4)[nH]c23)CCC1.[Na+]. The summed E-state index contributed by atoms with van der Waals surface area (Å²) in [6, 6.07) is 4.76. The second kappa shape index (κ2) is 14.9. The van der Waals surface area contributed by atoms with Crippen LogP contribution in [-0.2, 0) is 15.7 Å². The molecule has 0 unspecified atom stereocenters. The number of fused-ring (bicyclic) bond motifs is 1. The fraction of sp³-hybridized carbons (Fsp3) is 0.543. The van der Waals surface area contributed by atoms with Crippen molar-refractivity contribution in [2.45, 2.75) is 63.6 Å². The Morgan fingerprint density at radius 1 is 1.10 bits per heavy atom. The zero-order chi connectivity index (χ0) is 35.2. The number of alkyl halides is 3. The molecule has 266 valence electrons. The quantitative estimate of drug-likeness (QED) is 0.212. The summed E-state index contributed by atoms with van der Waals surface area (Å²) in [6.45, 7) is 5.86. The van der Waals surface area contributed by atoms with Crippen LogP contribution in [0.5, 0.6) is 0 Å². The van der Waals surface area contributed by atoms with Gasteiger partial charge in [-0.1, -0.05) is 6.42 Å². The van der Waals surface area contributed by atoms with Gasteiger partial charge in [-0.05, 0) is 57.2 Å². The summed E-state index contributed by atoms with van der Waals surface area (Å²) in [5, 5.41) is 10.9. The van der Waals surface area contributed by atoms with E-state index in [-0.39, 0.29) is 53.4 Å². The molecule has 4 aromatic rings. The Hall–Kier alpha value is -3.37. The van der Waals surface area contributed by atoms with Crippen molar-refractivity contribution >= 4 is 28.6 Å². The predicted molar refractivity (Wildman–Crippen MR) is 179 cm³/mol. The maximum absolute atomic E-state index is 14.0. The molecule has 1 N–H and O–H groups in total. The molecule has 1 atom stereocenters. The van der Waals surface area contributed by atoms with Crippen LogP contribution in [0.3, 0.4) is 0 Å². The van der Waals surface area contributed by atoms with Gasteiger partial charge >= 0.3 is 35.7 Å². The minimum atomic E-state index is -4.59. The van der Waals surface area contributed by atoms with Gasteiger partial charge in [-0.25, -0.2) is 24.9 Å². The van der Waals surface area contributed by atoms with Crippen LogP contribution in [0.2, 0.25) is 0 Å². The van der Waals surface area contributed by atoms with E-state index in [4.69, 9.17) is 14.7 Å². The van der Waals surface area contributed by atoms with Crippen LogP contribution in [0.1, 0.15) is 62.8 Å². The summed E-state index contributed by atoms with van der Waals surface area (Å²) in [6.07, 6.45) is 3.56. The normalized spacial score (nSPS) is 19.1. The number of methoxy groups -OCH3 is 1. The van der Waals surface area contributed by atoms with Gasteiger partial charge in [-0.2, -0.15) is 13.2 Å². The number of carbonyl (C=O) groups excluding carboxylic acids is 1. The van der Waals surface area contributed by atoms with Crippen molar-refractivity contribution in [3.05, 3.63) is 42.0 Å². The third kappa shape index (κ3) is 8.17. The van der Waals surface area contributed by atoms with Crippen LogP contribution in [-0.4, -0.2) is 100 Å². The van der Waals surface area contributed by atoms with Gasteiger partial charge in [0, 0.05) is 81.5 Å². The molecule has 0 bridgehead atoms. The van der Waals surface area contributed by atoms with E-state index in [0.717, 1.165) is 43.9 Å². The van der Waals surface area contributed by atoms with Gasteiger partial charge in [0.2, 0.25) is 0 Å². The molecule has 2 saturated carbocycles. The number of piperazine rings is 1. The first-order chi connectivity index (χ1) is 23.9. The van der Waals surface area contributed by atoms with Crippen molar-refractivity contribution in [3.8, 4) is 22.8 Å². The molecule has 12 nitrogen and oxygen atoms in total. The Labute approximate surface area is 316 Å². The number of carboxylic acid groups (broad SMARTS) is 1. The molecule has 3 fully saturated rings. The first kappa shape index (κ1) is 37.4. The van der Waals surface area contributed by atoms with Crippen molar-refractivity contribution < 1.29 is 57.4 Å². The number of carboxylic acids is 1. The number of hydrogen-bond donors (Lipinski definition) is 1. The molecular formula is C35H41F3N9NaO3. The average Bonchev–Trinajstić information content (AvgIpc) is 3.84. The number of aliphatic carboxylic acids is 1. The van der Waals surface area contributed by atoms with Crippen LogP contribution in [0.4, 0.5) is 24.7 Å². The monoisotopic (exact) mass is 715 g/mol. The zero-order valence-corrected chi connectivity index (χ0v) is 31.5. The number of H-pyrrole nitrogens is 1. The zero-order valence-electron chi connectivity index (χ0n) is 29.5. The molecule has 2 aliphatic carbocycles. The number of aromatic nitrogens is 6. The van der Waals surface area contributed by atoms with E-state index in [9.17, 15) is 23.1 Å². The molecule has 1 saturated heterocycles. The van der Waals surface area contributed by atoms with Crippen molar-refractivity contribution in [2.24, 2.45) is 5.41 Å². The number of nitrogens with one attached hydrogen (secondary N) is 1. The average molecular weight is 716 g/mol. The maximum Gasteiger partial charge on any atom is 1.00 e. The van der Waals surface area contributed by atoms with Crippen molar-refractivity contribution in [3.63, 3.8) is 0 Å². The van der Waals surface area contributed by atoms with E-state index < -0.39 is 17.8 Å². The second-order valence-corrected chi connectivity index (χ2v) is 14.1. The molecule has 4 aromatic heterocycles. The second-order valence-electron chi connectivity index (χ2n) is 14.1. The van der Waals surface area contributed by atoms with Gasteiger partial charge in [-0.15, -0.1) is 0 Å². The number of ether oxygens (including phenoxy) is 1. The predicted octanol–water partition coefficient (Wildman–Crippen LogP) is 1.28. The summed E-state index contributed by atoms with van der Waals surface area (Å²) in [5.41, 5.74) is 2.51. The number of nitrogens with zero attached hydrogens (tertiary/aromatic N) is 8. The number of pyridine rings is 2. The molecule has 0 aromatic carbocycles. The van der Waals surface area contributed by atoms with E-state index in [0.29, 0.717) is 84.8 Å². The van der Waals surface area contributed by atoms with Crippen LogP contribution in [0.25, 0.3) is 33.9 Å². The van der Waals surface area contributed by atoms with Gasteiger partial charge in [-0.3, -0.25) is 4.90 Å². The third-order valence-electron chi connectivity index (χ3n) is 10.3. The number of anilines is 2. The van der Waals surface area contributed by atoms with Crippen LogP contribution < -0.4 is 44.5 Å². The van der Waals surface area contributed by atoms with Crippen molar-refractivity contribution in [1.29, 1.82) is 0 Å². The third-order valence-corrected chi connectivity index (χ3v) is 10.3. The Bertz CT molecular complexity index is 1870. The number of imidazole rings is 1. The summed E-state index contributed by atoms with van der Waals surface area (Å²) >= 11 is 0. The minimum Gasteiger partial charge on any atom is -0.550 e. The molecule has 1 aliphatic heterocycles. The molecule has 3 aliphatic rings. The van der Waals surface area contributed by atoms with Crippen molar-refractivity contribution in [1.82, 2.24) is 34.8 Å². The van der Waals surface area contributed by atoms with Gasteiger partial charge in [0.1, 0.15) is 22.7 Å². The van der Waals surface area contributed by atoms with E-state index in [1.165, 1.54) is 0 Å². The van der Waals surface area contributed by atoms with E-state index >= 15 is 0 Å². The van der Waals surface area contributed by atoms with Crippen LogP contribution >= 0.6 is 0 Å². The Kier molecular flexibility index (Phi) is 10.9. The first-order valence-electron chi connectivity index (χ1n) is 17.1. The number of hydrogen-bond acceptors (Lipinski definition) is 11. The molecule has 0 radical (unpaired) electrons. The number of halogens is 3. The van der Waals surface area contributed by atoms with E-state index in [2.05, 4.69) is 41.6 Å². The molecule has 0 amide bonds. The summed E-state index contributed by atoms with van der Waals surface area (Å²) in [7, 11) is 3.68. The van der Waals surface area contributed by atoms with Gasteiger partial charge in [0.15, 0.2) is 11.5 Å².